The molecule has 1 aliphatic rings. The lowest BCUT2D eigenvalue weighted by atomic mass is 10.1. The minimum Gasteiger partial charge on any atom is -0.464 e. The van der Waals surface area contributed by atoms with Gasteiger partial charge in [-0.15, -0.1) is 0 Å². The van der Waals surface area contributed by atoms with Crippen molar-refractivity contribution in [2.75, 3.05) is 5.32 Å². The lowest BCUT2D eigenvalue weighted by Crippen LogP contribution is -2.10. The smallest absolute Gasteiger partial charge is 0.259 e. The van der Waals surface area contributed by atoms with Crippen LogP contribution in [-0.2, 0) is 0 Å². The van der Waals surface area contributed by atoms with Gasteiger partial charge < -0.3 is 14.5 Å². The Hall–Kier alpha value is -3.01. The molecule has 1 aromatic heterocycles. The lowest BCUT2D eigenvalue weighted by molar-refractivity contribution is 0.102. The minimum atomic E-state index is -0.187. The van der Waals surface area contributed by atoms with E-state index in [-0.39, 0.29) is 5.91 Å². The van der Waals surface area contributed by atoms with Gasteiger partial charge in [0, 0.05) is 5.56 Å². The normalized spacial score (nSPS) is 12.7. The molecular formula is C18H13NO3. The Balaban J connectivity index is 1.82. The fourth-order valence-corrected chi connectivity index (χ4v) is 2.53. The van der Waals surface area contributed by atoms with Gasteiger partial charge in [0.2, 0.25) is 0 Å². The van der Waals surface area contributed by atoms with Crippen molar-refractivity contribution >= 4 is 11.6 Å². The Kier molecular flexibility index (Phi) is 2.76. The fourth-order valence-electron chi connectivity index (χ4n) is 2.53. The van der Waals surface area contributed by atoms with Gasteiger partial charge in [-0.05, 0) is 55.0 Å². The zero-order chi connectivity index (χ0) is 15.1. The average molecular weight is 291 g/mol. The molecule has 108 valence electrons. The number of hydrogen-bond acceptors (Lipinski definition) is 3. The molecule has 4 heteroatoms. The van der Waals surface area contributed by atoms with Crippen LogP contribution in [0, 0.1) is 6.92 Å². The molecule has 0 aliphatic carbocycles. The zero-order valence-electron chi connectivity index (χ0n) is 11.9. The van der Waals surface area contributed by atoms with E-state index in [9.17, 15) is 4.79 Å². The molecule has 4 rings (SSSR count). The van der Waals surface area contributed by atoms with E-state index in [0.29, 0.717) is 28.5 Å². The summed E-state index contributed by atoms with van der Waals surface area (Å²) >= 11 is 0. The van der Waals surface area contributed by atoms with Crippen molar-refractivity contribution in [3.8, 4) is 22.8 Å². The number of ether oxygens (including phenoxy) is 1. The van der Waals surface area contributed by atoms with Crippen LogP contribution in [0.1, 0.15) is 15.9 Å². The molecule has 2 heterocycles. The summed E-state index contributed by atoms with van der Waals surface area (Å²) in [5.74, 6) is 1.71. The molecule has 0 spiro atoms. The highest BCUT2D eigenvalue weighted by atomic mass is 16.5. The van der Waals surface area contributed by atoms with E-state index in [1.54, 1.807) is 18.4 Å². The number of aryl methyl sites for hydroxylation is 1. The molecule has 0 atom stereocenters. The summed E-state index contributed by atoms with van der Waals surface area (Å²) in [7, 11) is 0. The summed E-state index contributed by atoms with van der Waals surface area (Å²) < 4.78 is 11.3. The largest absolute Gasteiger partial charge is 0.464 e. The summed E-state index contributed by atoms with van der Waals surface area (Å²) in [5, 5.41) is 2.90. The van der Waals surface area contributed by atoms with Crippen LogP contribution in [0.2, 0.25) is 0 Å². The number of benzene rings is 2. The Labute approximate surface area is 127 Å². The van der Waals surface area contributed by atoms with E-state index >= 15 is 0 Å². The molecular weight excluding hydrogens is 278 g/mol. The second-order valence-corrected chi connectivity index (χ2v) is 5.24. The molecule has 1 amide bonds. The van der Waals surface area contributed by atoms with E-state index in [0.717, 1.165) is 11.1 Å². The van der Waals surface area contributed by atoms with Crippen LogP contribution in [0.4, 0.5) is 5.69 Å². The number of hydrogen-bond donors (Lipinski definition) is 1. The second kappa shape index (κ2) is 4.77. The highest BCUT2D eigenvalue weighted by molar-refractivity contribution is 6.08. The molecule has 0 saturated heterocycles. The summed E-state index contributed by atoms with van der Waals surface area (Å²) in [6.07, 6.45) is 1.61. The first-order chi connectivity index (χ1) is 10.7. The standard InChI is InChI=1S/C18H13NO3/c1-11-4-6-17-14(9-11)19-18(20)13-10-12(5-7-16(13)22-17)15-3-2-8-21-15/h2-10H,1H3,(H,19,20). The van der Waals surface area contributed by atoms with Gasteiger partial charge in [0.25, 0.3) is 5.91 Å². The molecule has 1 N–H and O–H groups in total. The van der Waals surface area contributed by atoms with Gasteiger partial charge in [-0.1, -0.05) is 6.07 Å². The van der Waals surface area contributed by atoms with Crippen molar-refractivity contribution in [3.63, 3.8) is 0 Å². The third-order valence-corrected chi connectivity index (χ3v) is 3.63. The third kappa shape index (κ3) is 2.05. The highest BCUT2D eigenvalue weighted by Crippen LogP contribution is 2.37. The van der Waals surface area contributed by atoms with Crippen LogP contribution in [0.3, 0.4) is 0 Å². The molecule has 0 radical (unpaired) electrons. The van der Waals surface area contributed by atoms with Gasteiger partial charge in [-0.25, -0.2) is 0 Å². The molecule has 0 unspecified atom stereocenters. The number of furan rings is 1. The average Bonchev–Trinajstić information content (AvgIpc) is 3.00. The van der Waals surface area contributed by atoms with Gasteiger partial charge in [-0.3, -0.25) is 4.79 Å². The van der Waals surface area contributed by atoms with Crippen LogP contribution >= 0.6 is 0 Å². The summed E-state index contributed by atoms with van der Waals surface area (Å²) in [4.78, 5) is 12.5. The van der Waals surface area contributed by atoms with E-state index in [4.69, 9.17) is 9.15 Å². The Morgan fingerprint density at radius 1 is 1.00 bits per heavy atom. The molecule has 3 aromatic rings. The van der Waals surface area contributed by atoms with Crippen molar-refractivity contribution in [2.24, 2.45) is 0 Å². The lowest BCUT2D eigenvalue weighted by Gasteiger charge is -2.08. The predicted octanol–water partition coefficient (Wildman–Crippen LogP) is 4.61. The van der Waals surface area contributed by atoms with Crippen molar-refractivity contribution in [3.05, 3.63) is 65.9 Å². The summed E-state index contributed by atoms with van der Waals surface area (Å²) in [5.41, 5.74) is 3.07. The van der Waals surface area contributed by atoms with E-state index in [2.05, 4.69) is 5.32 Å². The van der Waals surface area contributed by atoms with Crippen molar-refractivity contribution in [1.29, 1.82) is 0 Å². The summed E-state index contributed by atoms with van der Waals surface area (Å²) in [6.45, 7) is 1.97. The number of amides is 1. The van der Waals surface area contributed by atoms with Gasteiger partial charge in [0.05, 0.1) is 17.5 Å². The number of fused-ring (bicyclic) bond motifs is 2. The van der Waals surface area contributed by atoms with E-state index in [1.807, 2.05) is 43.3 Å². The molecule has 0 bridgehead atoms. The number of anilines is 1. The van der Waals surface area contributed by atoms with Crippen molar-refractivity contribution in [1.82, 2.24) is 0 Å². The maximum Gasteiger partial charge on any atom is 0.259 e. The SMILES string of the molecule is Cc1ccc2c(c1)NC(=O)c1cc(-c3ccco3)ccc1O2. The molecule has 22 heavy (non-hydrogen) atoms. The number of rotatable bonds is 1. The first-order valence-electron chi connectivity index (χ1n) is 6.98. The van der Waals surface area contributed by atoms with Crippen LogP contribution < -0.4 is 10.1 Å². The molecule has 0 fully saturated rings. The highest BCUT2D eigenvalue weighted by Gasteiger charge is 2.21. The number of carbonyl (C=O) groups excluding carboxylic acids is 1. The van der Waals surface area contributed by atoms with Crippen LogP contribution in [-0.4, -0.2) is 5.91 Å². The van der Waals surface area contributed by atoms with Gasteiger partial charge in [0.1, 0.15) is 11.5 Å². The van der Waals surface area contributed by atoms with Crippen LogP contribution in [0.15, 0.2) is 59.2 Å². The van der Waals surface area contributed by atoms with Gasteiger partial charge >= 0.3 is 0 Å². The molecule has 1 aliphatic heterocycles. The maximum absolute atomic E-state index is 12.5. The second-order valence-electron chi connectivity index (χ2n) is 5.24. The topological polar surface area (TPSA) is 51.5 Å². The van der Waals surface area contributed by atoms with Crippen LogP contribution in [0.25, 0.3) is 11.3 Å². The first kappa shape index (κ1) is 12.7. The zero-order valence-corrected chi connectivity index (χ0v) is 11.9. The first-order valence-corrected chi connectivity index (χ1v) is 6.98. The van der Waals surface area contributed by atoms with E-state index in [1.165, 1.54) is 0 Å². The minimum absolute atomic E-state index is 0.187. The quantitative estimate of drug-likeness (QED) is 0.712. The van der Waals surface area contributed by atoms with Crippen molar-refractivity contribution in [2.45, 2.75) is 6.92 Å². The molecule has 2 aromatic carbocycles. The Bertz CT molecular complexity index is 866. The van der Waals surface area contributed by atoms with Crippen LogP contribution in [0.5, 0.6) is 11.5 Å². The van der Waals surface area contributed by atoms with Gasteiger partial charge in [-0.2, -0.15) is 0 Å². The maximum atomic E-state index is 12.5. The van der Waals surface area contributed by atoms with Gasteiger partial charge in [0.15, 0.2) is 5.75 Å². The Morgan fingerprint density at radius 3 is 2.68 bits per heavy atom. The number of carbonyl (C=O) groups is 1. The third-order valence-electron chi connectivity index (χ3n) is 3.63. The van der Waals surface area contributed by atoms with Crippen molar-refractivity contribution < 1.29 is 13.9 Å². The molecule has 4 nitrogen and oxygen atoms in total. The Morgan fingerprint density at radius 2 is 1.86 bits per heavy atom. The van der Waals surface area contributed by atoms with E-state index < -0.39 is 0 Å². The fraction of sp³-hybridized carbons (Fsp3) is 0.0556. The molecule has 0 saturated carbocycles. The predicted molar refractivity (Wildman–Crippen MR) is 83.4 cm³/mol. The summed E-state index contributed by atoms with van der Waals surface area (Å²) in [6, 6.07) is 14.8. The number of nitrogens with one attached hydrogen (secondary N) is 1. The monoisotopic (exact) mass is 291 g/mol.